The standard InChI is InChI=1S/C18H17Cl2NO4S/c1-12-7-9-13(10-8-12)26(23,24)21-11-3-5-15(21)18(22)25-16-6-2-4-14(19)17(16)20/h2,4,6-10,15H,3,5,11H2,1H3/t15-/m0/s1. The fraction of sp³-hybridized carbons (Fsp3) is 0.278. The van der Waals surface area contributed by atoms with E-state index >= 15 is 0 Å². The minimum absolute atomic E-state index is 0.115. The van der Waals surface area contributed by atoms with Crippen molar-refractivity contribution in [3.63, 3.8) is 0 Å². The van der Waals surface area contributed by atoms with Crippen LogP contribution < -0.4 is 4.74 Å². The van der Waals surface area contributed by atoms with Crippen LogP contribution in [0.15, 0.2) is 47.4 Å². The summed E-state index contributed by atoms with van der Waals surface area (Å²) < 4.78 is 32.3. The number of benzene rings is 2. The lowest BCUT2D eigenvalue weighted by atomic mass is 10.2. The van der Waals surface area contributed by atoms with E-state index in [1.165, 1.54) is 10.4 Å². The minimum atomic E-state index is -3.79. The molecule has 1 fully saturated rings. The Kier molecular flexibility index (Phi) is 5.58. The molecule has 1 aliphatic rings. The Morgan fingerprint density at radius 3 is 2.54 bits per heavy atom. The van der Waals surface area contributed by atoms with Crippen LogP contribution in [0.3, 0.4) is 0 Å². The molecule has 1 saturated heterocycles. The number of halogens is 2. The molecule has 26 heavy (non-hydrogen) atoms. The average molecular weight is 414 g/mol. The van der Waals surface area contributed by atoms with Crippen molar-refractivity contribution in [1.29, 1.82) is 0 Å². The van der Waals surface area contributed by atoms with Crippen LogP contribution in [0, 0.1) is 6.92 Å². The van der Waals surface area contributed by atoms with Gasteiger partial charge in [-0.1, -0.05) is 47.0 Å². The fourth-order valence-electron chi connectivity index (χ4n) is 2.85. The van der Waals surface area contributed by atoms with E-state index in [0.29, 0.717) is 12.8 Å². The summed E-state index contributed by atoms with van der Waals surface area (Å²) in [6.45, 7) is 2.14. The number of esters is 1. The Labute approximate surface area is 162 Å². The first kappa shape index (κ1) is 19.2. The van der Waals surface area contributed by atoms with Gasteiger partial charge in [0.1, 0.15) is 11.1 Å². The van der Waals surface area contributed by atoms with Gasteiger partial charge in [0.05, 0.1) is 9.92 Å². The maximum Gasteiger partial charge on any atom is 0.329 e. The van der Waals surface area contributed by atoms with Crippen LogP contribution in [-0.4, -0.2) is 31.3 Å². The molecule has 0 unspecified atom stereocenters. The second kappa shape index (κ2) is 7.56. The molecule has 0 saturated carbocycles. The van der Waals surface area contributed by atoms with E-state index in [0.717, 1.165) is 5.56 Å². The second-order valence-electron chi connectivity index (χ2n) is 6.06. The van der Waals surface area contributed by atoms with Crippen molar-refractivity contribution in [2.45, 2.75) is 30.7 Å². The zero-order valence-corrected chi connectivity index (χ0v) is 16.3. The Hall–Kier alpha value is -1.60. The van der Waals surface area contributed by atoms with Gasteiger partial charge in [0, 0.05) is 6.54 Å². The third-order valence-corrected chi connectivity index (χ3v) is 6.95. The van der Waals surface area contributed by atoms with Crippen LogP contribution in [0.25, 0.3) is 0 Å². The molecule has 0 radical (unpaired) electrons. The highest BCUT2D eigenvalue weighted by atomic mass is 35.5. The topological polar surface area (TPSA) is 63.7 Å². The molecule has 1 atom stereocenters. The van der Waals surface area contributed by atoms with Crippen molar-refractivity contribution in [2.24, 2.45) is 0 Å². The van der Waals surface area contributed by atoms with Gasteiger partial charge in [0.15, 0.2) is 5.75 Å². The van der Waals surface area contributed by atoms with Crippen molar-refractivity contribution in [1.82, 2.24) is 4.31 Å². The predicted molar refractivity (Wildman–Crippen MR) is 100 cm³/mol. The van der Waals surface area contributed by atoms with Gasteiger partial charge < -0.3 is 4.74 Å². The molecule has 5 nitrogen and oxygen atoms in total. The molecule has 1 heterocycles. The highest BCUT2D eigenvalue weighted by molar-refractivity contribution is 7.89. The summed E-state index contributed by atoms with van der Waals surface area (Å²) in [5, 5.41) is 0.376. The summed E-state index contributed by atoms with van der Waals surface area (Å²) in [5.41, 5.74) is 0.955. The zero-order valence-electron chi connectivity index (χ0n) is 14.0. The molecule has 3 rings (SSSR count). The number of hydrogen-bond donors (Lipinski definition) is 0. The first-order chi connectivity index (χ1) is 12.3. The number of carbonyl (C=O) groups is 1. The Morgan fingerprint density at radius 2 is 1.85 bits per heavy atom. The summed E-state index contributed by atoms with van der Waals surface area (Å²) in [5.74, 6) is -0.550. The van der Waals surface area contributed by atoms with E-state index in [9.17, 15) is 13.2 Å². The van der Waals surface area contributed by atoms with Gasteiger partial charge >= 0.3 is 5.97 Å². The number of carbonyl (C=O) groups excluding carboxylic acids is 1. The van der Waals surface area contributed by atoms with Crippen LogP contribution in [-0.2, 0) is 14.8 Å². The van der Waals surface area contributed by atoms with Gasteiger partial charge in [-0.15, -0.1) is 0 Å². The van der Waals surface area contributed by atoms with Crippen molar-refractivity contribution >= 4 is 39.2 Å². The van der Waals surface area contributed by atoms with Gasteiger partial charge in [-0.05, 0) is 44.0 Å². The summed E-state index contributed by atoms with van der Waals surface area (Å²) in [6, 6.07) is 10.3. The molecule has 2 aromatic rings. The number of sulfonamides is 1. The monoisotopic (exact) mass is 413 g/mol. The SMILES string of the molecule is Cc1ccc(S(=O)(=O)N2CCC[C@H]2C(=O)Oc2cccc(Cl)c2Cl)cc1. The predicted octanol–water partition coefficient (Wildman–Crippen LogP) is 4.06. The molecular weight excluding hydrogens is 397 g/mol. The molecule has 1 aliphatic heterocycles. The molecule has 0 aliphatic carbocycles. The lowest BCUT2D eigenvalue weighted by Crippen LogP contribution is -2.42. The highest BCUT2D eigenvalue weighted by Gasteiger charge is 2.40. The highest BCUT2D eigenvalue weighted by Crippen LogP contribution is 2.33. The summed E-state index contributed by atoms with van der Waals surface area (Å²) in [4.78, 5) is 12.7. The number of rotatable bonds is 4. The lowest BCUT2D eigenvalue weighted by Gasteiger charge is -2.23. The van der Waals surface area contributed by atoms with Crippen molar-refractivity contribution in [3.05, 3.63) is 58.1 Å². The van der Waals surface area contributed by atoms with E-state index in [4.69, 9.17) is 27.9 Å². The number of aryl methyl sites for hydroxylation is 1. The van der Waals surface area contributed by atoms with Crippen LogP contribution >= 0.6 is 23.2 Å². The quantitative estimate of drug-likeness (QED) is 0.559. The molecule has 0 N–H and O–H groups in total. The van der Waals surface area contributed by atoms with E-state index < -0.39 is 22.0 Å². The molecule has 138 valence electrons. The first-order valence-electron chi connectivity index (χ1n) is 8.05. The van der Waals surface area contributed by atoms with E-state index in [1.807, 2.05) is 6.92 Å². The van der Waals surface area contributed by atoms with Gasteiger partial charge in [-0.2, -0.15) is 4.31 Å². The normalized spacial score (nSPS) is 18.0. The Bertz CT molecular complexity index is 929. The van der Waals surface area contributed by atoms with Crippen molar-refractivity contribution in [3.8, 4) is 5.75 Å². The van der Waals surface area contributed by atoms with Gasteiger partial charge in [0.2, 0.25) is 10.0 Å². The molecule has 2 aromatic carbocycles. The van der Waals surface area contributed by atoms with E-state index in [2.05, 4.69) is 0 Å². The van der Waals surface area contributed by atoms with E-state index in [-0.39, 0.29) is 27.2 Å². The lowest BCUT2D eigenvalue weighted by molar-refractivity contribution is -0.137. The summed E-state index contributed by atoms with van der Waals surface area (Å²) in [7, 11) is -3.79. The summed E-state index contributed by atoms with van der Waals surface area (Å²) in [6.07, 6.45) is 0.968. The maximum absolute atomic E-state index is 12.9. The van der Waals surface area contributed by atoms with Gasteiger partial charge in [-0.3, -0.25) is 0 Å². The third-order valence-electron chi connectivity index (χ3n) is 4.23. The molecule has 0 bridgehead atoms. The Balaban J connectivity index is 1.84. The third kappa shape index (κ3) is 3.74. The summed E-state index contributed by atoms with van der Waals surface area (Å²) >= 11 is 12.0. The largest absolute Gasteiger partial charge is 0.424 e. The second-order valence-corrected chi connectivity index (χ2v) is 8.74. The van der Waals surface area contributed by atoms with Crippen molar-refractivity contribution in [2.75, 3.05) is 6.54 Å². The molecule has 0 spiro atoms. The number of hydrogen-bond acceptors (Lipinski definition) is 4. The average Bonchev–Trinajstić information content (AvgIpc) is 3.10. The van der Waals surface area contributed by atoms with Crippen LogP contribution in [0.4, 0.5) is 0 Å². The minimum Gasteiger partial charge on any atom is -0.424 e. The molecule has 0 amide bonds. The fourth-order valence-corrected chi connectivity index (χ4v) is 4.83. The molecular formula is C18H17Cl2NO4S. The van der Waals surface area contributed by atoms with Crippen LogP contribution in [0.1, 0.15) is 18.4 Å². The van der Waals surface area contributed by atoms with Crippen LogP contribution in [0.5, 0.6) is 5.75 Å². The molecule has 0 aromatic heterocycles. The molecule has 8 heteroatoms. The number of nitrogens with zero attached hydrogens (tertiary/aromatic N) is 1. The zero-order chi connectivity index (χ0) is 18.9. The van der Waals surface area contributed by atoms with Gasteiger partial charge in [-0.25, -0.2) is 13.2 Å². The van der Waals surface area contributed by atoms with Crippen molar-refractivity contribution < 1.29 is 17.9 Å². The number of ether oxygens (including phenoxy) is 1. The maximum atomic E-state index is 12.9. The smallest absolute Gasteiger partial charge is 0.329 e. The Morgan fingerprint density at radius 1 is 1.15 bits per heavy atom. The first-order valence-corrected chi connectivity index (χ1v) is 10.2. The van der Waals surface area contributed by atoms with Crippen LogP contribution in [0.2, 0.25) is 10.0 Å². The van der Waals surface area contributed by atoms with E-state index in [1.54, 1.807) is 36.4 Å². The van der Waals surface area contributed by atoms with Gasteiger partial charge in [0.25, 0.3) is 0 Å².